The summed E-state index contributed by atoms with van der Waals surface area (Å²) in [6, 6.07) is 13.4. The number of fused-ring (bicyclic) bond motifs is 1. The summed E-state index contributed by atoms with van der Waals surface area (Å²) in [6.45, 7) is 4.17. The largest absolute Gasteiger partial charge is 0.482 e. The number of carbonyl (C=O) groups is 2. The van der Waals surface area contributed by atoms with Crippen LogP contribution in [-0.2, 0) is 4.79 Å². The highest BCUT2D eigenvalue weighted by Crippen LogP contribution is 2.21. The molecule has 156 valence electrons. The zero-order valence-electron chi connectivity index (χ0n) is 16.9. The fraction of sp³-hybridized carbons (Fsp3) is 0.261. The van der Waals surface area contributed by atoms with Gasteiger partial charge in [0.15, 0.2) is 6.61 Å². The Kier molecular flexibility index (Phi) is 6.85. The number of rotatable bonds is 8. The Morgan fingerprint density at radius 2 is 1.90 bits per heavy atom. The van der Waals surface area contributed by atoms with Gasteiger partial charge in [0.05, 0.1) is 0 Å². The number of amides is 1. The molecule has 1 aromatic heterocycles. The van der Waals surface area contributed by atoms with Crippen LogP contribution in [0.5, 0.6) is 11.5 Å². The lowest BCUT2D eigenvalue weighted by molar-refractivity contribution is -0.136. The minimum Gasteiger partial charge on any atom is -0.482 e. The van der Waals surface area contributed by atoms with Gasteiger partial charge in [-0.1, -0.05) is 25.5 Å². The van der Waals surface area contributed by atoms with Crippen molar-refractivity contribution in [1.82, 2.24) is 5.32 Å². The number of hydrogen-bond acceptors (Lipinski definition) is 6. The maximum atomic E-state index is 12.2. The van der Waals surface area contributed by atoms with Gasteiger partial charge in [0.2, 0.25) is 0 Å². The van der Waals surface area contributed by atoms with E-state index in [0.717, 1.165) is 18.4 Å². The summed E-state index contributed by atoms with van der Waals surface area (Å²) in [5.41, 5.74) is 0.427. The normalized spacial score (nSPS) is 10.6. The van der Waals surface area contributed by atoms with E-state index in [9.17, 15) is 14.4 Å². The Morgan fingerprint density at radius 1 is 1.07 bits per heavy atom. The highest BCUT2D eigenvalue weighted by Gasteiger charge is 2.14. The van der Waals surface area contributed by atoms with Crippen molar-refractivity contribution in [2.24, 2.45) is 0 Å². The number of unbranched alkanes of at least 4 members (excludes halogenated alkanes) is 1. The molecule has 1 amide bonds. The summed E-state index contributed by atoms with van der Waals surface area (Å²) in [4.78, 5) is 36.4. The standard InChI is InChI=1S/C23H23NO6/c1-3-4-10-24-22(26)19-12-16-8-9-18(13-20(16)30-23(19)27)29-21(25)14-28-17-7-5-6-15(2)11-17/h5-9,11-13H,3-4,10,14H2,1-2H3,(H,24,26). The number of ether oxygens (including phenoxy) is 2. The Morgan fingerprint density at radius 3 is 2.67 bits per heavy atom. The summed E-state index contributed by atoms with van der Waals surface area (Å²) in [6.07, 6.45) is 1.76. The first-order valence-electron chi connectivity index (χ1n) is 9.72. The van der Waals surface area contributed by atoms with Gasteiger partial charge in [0, 0.05) is 18.0 Å². The minimum absolute atomic E-state index is 0.0603. The highest BCUT2D eigenvalue weighted by atomic mass is 16.6. The number of benzene rings is 2. The van der Waals surface area contributed by atoms with Crippen LogP contribution in [0.4, 0.5) is 0 Å². The van der Waals surface area contributed by atoms with Crippen LogP contribution >= 0.6 is 0 Å². The average molecular weight is 409 g/mol. The third-order valence-electron chi connectivity index (χ3n) is 4.35. The molecule has 0 atom stereocenters. The van der Waals surface area contributed by atoms with Crippen molar-refractivity contribution < 1.29 is 23.5 Å². The zero-order chi connectivity index (χ0) is 21.5. The predicted octanol–water partition coefficient (Wildman–Crippen LogP) is 3.62. The van der Waals surface area contributed by atoms with Gasteiger partial charge in [-0.2, -0.15) is 0 Å². The number of aryl methyl sites for hydroxylation is 1. The van der Waals surface area contributed by atoms with Crippen LogP contribution in [0.1, 0.15) is 35.7 Å². The van der Waals surface area contributed by atoms with E-state index in [4.69, 9.17) is 13.9 Å². The summed E-state index contributed by atoms with van der Waals surface area (Å²) in [7, 11) is 0. The van der Waals surface area contributed by atoms with Gasteiger partial charge < -0.3 is 19.2 Å². The molecule has 0 saturated heterocycles. The Balaban J connectivity index is 1.67. The molecular weight excluding hydrogens is 386 g/mol. The van der Waals surface area contributed by atoms with Crippen molar-refractivity contribution in [3.8, 4) is 11.5 Å². The molecule has 1 N–H and O–H groups in total. The van der Waals surface area contributed by atoms with E-state index in [2.05, 4.69) is 5.32 Å². The number of esters is 1. The molecule has 0 saturated carbocycles. The van der Waals surface area contributed by atoms with E-state index in [-0.39, 0.29) is 23.5 Å². The van der Waals surface area contributed by atoms with Crippen molar-refractivity contribution in [2.75, 3.05) is 13.2 Å². The maximum absolute atomic E-state index is 12.2. The molecule has 0 bridgehead atoms. The third-order valence-corrected chi connectivity index (χ3v) is 4.35. The van der Waals surface area contributed by atoms with E-state index in [1.54, 1.807) is 18.2 Å². The second kappa shape index (κ2) is 9.73. The topological polar surface area (TPSA) is 94.8 Å². The second-order valence-electron chi connectivity index (χ2n) is 6.84. The van der Waals surface area contributed by atoms with E-state index in [1.165, 1.54) is 12.1 Å². The quantitative estimate of drug-likeness (QED) is 0.264. The van der Waals surface area contributed by atoms with E-state index < -0.39 is 17.5 Å². The molecule has 0 aliphatic carbocycles. The predicted molar refractivity (Wildman–Crippen MR) is 112 cm³/mol. The second-order valence-corrected chi connectivity index (χ2v) is 6.84. The van der Waals surface area contributed by atoms with Gasteiger partial charge in [0.1, 0.15) is 22.6 Å². The van der Waals surface area contributed by atoms with E-state index >= 15 is 0 Å². The first kappa shape index (κ1) is 21.1. The Bertz CT molecular complexity index is 1120. The van der Waals surface area contributed by atoms with Crippen molar-refractivity contribution in [2.45, 2.75) is 26.7 Å². The van der Waals surface area contributed by atoms with Gasteiger partial charge in [-0.15, -0.1) is 0 Å². The molecule has 0 spiro atoms. The maximum Gasteiger partial charge on any atom is 0.349 e. The van der Waals surface area contributed by atoms with Gasteiger partial charge in [-0.3, -0.25) is 4.79 Å². The first-order valence-corrected chi connectivity index (χ1v) is 9.72. The molecule has 3 rings (SSSR count). The monoisotopic (exact) mass is 409 g/mol. The number of nitrogens with one attached hydrogen (secondary N) is 1. The van der Waals surface area contributed by atoms with Crippen LogP contribution in [0.15, 0.2) is 57.7 Å². The van der Waals surface area contributed by atoms with E-state index in [0.29, 0.717) is 17.7 Å². The lowest BCUT2D eigenvalue weighted by atomic mass is 10.1. The molecule has 3 aromatic rings. The molecule has 0 unspecified atom stereocenters. The Hall–Kier alpha value is -3.61. The Labute approximate surface area is 173 Å². The lowest BCUT2D eigenvalue weighted by Gasteiger charge is -2.08. The molecule has 2 aromatic carbocycles. The zero-order valence-corrected chi connectivity index (χ0v) is 16.9. The van der Waals surface area contributed by atoms with Gasteiger partial charge in [-0.05, 0) is 49.2 Å². The molecular formula is C23H23NO6. The third kappa shape index (κ3) is 5.47. The van der Waals surface area contributed by atoms with Crippen molar-refractivity contribution >= 4 is 22.8 Å². The van der Waals surface area contributed by atoms with Crippen LogP contribution < -0.4 is 20.4 Å². The van der Waals surface area contributed by atoms with Gasteiger partial charge in [-0.25, -0.2) is 9.59 Å². The molecule has 0 radical (unpaired) electrons. The SMILES string of the molecule is CCCCNC(=O)c1cc2ccc(OC(=O)COc3cccc(C)c3)cc2oc1=O. The molecule has 7 heteroatoms. The first-order chi connectivity index (χ1) is 14.5. The summed E-state index contributed by atoms with van der Waals surface area (Å²) in [5.74, 6) is -0.280. The van der Waals surface area contributed by atoms with Crippen LogP contribution in [0.3, 0.4) is 0 Å². The van der Waals surface area contributed by atoms with Crippen molar-refractivity contribution in [3.05, 3.63) is 70.1 Å². The van der Waals surface area contributed by atoms with Crippen LogP contribution in [0.2, 0.25) is 0 Å². The average Bonchev–Trinajstić information content (AvgIpc) is 2.72. The number of carbonyl (C=O) groups excluding carboxylic acids is 2. The van der Waals surface area contributed by atoms with Gasteiger partial charge in [0.25, 0.3) is 5.91 Å². The van der Waals surface area contributed by atoms with Crippen molar-refractivity contribution in [3.63, 3.8) is 0 Å². The van der Waals surface area contributed by atoms with E-state index in [1.807, 2.05) is 32.0 Å². The molecule has 0 aliphatic heterocycles. The summed E-state index contributed by atoms with van der Waals surface area (Å²) in [5, 5.41) is 3.24. The van der Waals surface area contributed by atoms with Crippen LogP contribution in [-0.4, -0.2) is 25.0 Å². The van der Waals surface area contributed by atoms with Crippen LogP contribution in [0.25, 0.3) is 11.0 Å². The minimum atomic E-state index is -0.747. The van der Waals surface area contributed by atoms with Crippen molar-refractivity contribution in [1.29, 1.82) is 0 Å². The molecule has 7 nitrogen and oxygen atoms in total. The van der Waals surface area contributed by atoms with Gasteiger partial charge >= 0.3 is 11.6 Å². The molecule has 0 aliphatic rings. The summed E-state index contributed by atoms with van der Waals surface area (Å²) >= 11 is 0. The lowest BCUT2D eigenvalue weighted by Crippen LogP contribution is -2.28. The smallest absolute Gasteiger partial charge is 0.349 e. The molecule has 1 heterocycles. The summed E-state index contributed by atoms with van der Waals surface area (Å²) < 4.78 is 15.9. The fourth-order valence-electron chi connectivity index (χ4n) is 2.80. The number of hydrogen-bond donors (Lipinski definition) is 1. The molecule has 0 fully saturated rings. The highest BCUT2D eigenvalue weighted by molar-refractivity contribution is 5.96. The molecule has 30 heavy (non-hydrogen) atoms. The van der Waals surface area contributed by atoms with Crippen LogP contribution in [0, 0.1) is 6.92 Å². The fourth-order valence-corrected chi connectivity index (χ4v) is 2.80.